The first-order chi connectivity index (χ1) is 12.2. The SMILES string of the molecule is NC(=O)C1CCCN(c2ncccc2CNC2CCN(C3CC3)C2)C1. The van der Waals surface area contributed by atoms with E-state index in [0.29, 0.717) is 12.6 Å². The van der Waals surface area contributed by atoms with Gasteiger partial charge in [-0.15, -0.1) is 0 Å². The molecule has 2 unspecified atom stereocenters. The minimum absolute atomic E-state index is 0.0569. The van der Waals surface area contributed by atoms with Crippen molar-refractivity contribution in [3.8, 4) is 0 Å². The van der Waals surface area contributed by atoms with E-state index in [9.17, 15) is 4.79 Å². The molecule has 2 atom stereocenters. The largest absolute Gasteiger partial charge is 0.369 e. The molecule has 0 radical (unpaired) electrons. The van der Waals surface area contributed by atoms with Crippen molar-refractivity contribution in [1.29, 1.82) is 0 Å². The lowest BCUT2D eigenvalue weighted by Crippen LogP contribution is -2.42. The third-order valence-electron chi connectivity index (χ3n) is 5.85. The molecule has 1 aromatic heterocycles. The van der Waals surface area contributed by atoms with Crippen LogP contribution < -0.4 is 16.0 Å². The number of rotatable bonds is 6. The van der Waals surface area contributed by atoms with Crippen LogP contribution >= 0.6 is 0 Å². The number of carbonyl (C=O) groups excluding carboxylic acids is 1. The van der Waals surface area contributed by atoms with Crippen molar-refractivity contribution in [2.75, 3.05) is 31.1 Å². The monoisotopic (exact) mass is 343 g/mol. The average molecular weight is 343 g/mol. The summed E-state index contributed by atoms with van der Waals surface area (Å²) >= 11 is 0. The van der Waals surface area contributed by atoms with E-state index in [4.69, 9.17) is 5.73 Å². The fourth-order valence-electron chi connectivity index (χ4n) is 4.23. The maximum absolute atomic E-state index is 11.6. The minimum atomic E-state index is -0.188. The number of nitrogens with two attached hydrogens (primary N) is 1. The van der Waals surface area contributed by atoms with Crippen LogP contribution in [-0.2, 0) is 11.3 Å². The first-order valence-corrected chi connectivity index (χ1v) is 9.66. The lowest BCUT2D eigenvalue weighted by atomic mass is 9.97. The normalized spacial score (nSPS) is 27.6. The first-order valence-electron chi connectivity index (χ1n) is 9.66. The average Bonchev–Trinajstić information content (AvgIpc) is 3.39. The van der Waals surface area contributed by atoms with E-state index < -0.39 is 0 Å². The molecule has 3 aliphatic rings. The van der Waals surface area contributed by atoms with Gasteiger partial charge in [-0.1, -0.05) is 6.07 Å². The Balaban J connectivity index is 1.38. The van der Waals surface area contributed by atoms with Gasteiger partial charge in [-0.3, -0.25) is 9.69 Å². The summed E-state index contributed by atoms with van der Waals surface area (Å²) in [7, 11) is 0. The Bertz CT molecular complexity index is 618. The van der Waals surface area contributed by atoms with Gasteiger partial charge in [0.2, 0.25) is 5.91 Å². The second-order valence-corrected chi connectivity index (χ2v) is 7.77. The second kappa shape index (κ2) is 7.30. The van der Waals surface area contributed by atoms with E-state index in [0.717, 1.165) is 37.8 Å². The van der Waals surface area contributed by atoms with Crippen molar-refractivity contribution in [2.45, 2.75) is 50.7 Å². The molecule has 6 nitrogen and oxygen atoms in total. The maximum Gasteiger partial charge on any atom is 0.222 e. The number of hydrogen-bond donors (Lipinski definition) is 2. The number of nitrogens with one attached hydrogen (secondary N) is 1. The van der Waals surface area contributed by atoms with Crippen LogP contribution in [0.5, 0.6) is 0 Å². The topological polar surface area (TPSA) is 74.5 Å². The molecule has 25 heavy (non-hydrogen) atoms. The van der Waals surface area contributed by atoms with Crippen molar-refractivity contribution in [3.63, 3.8) is 0 Å². The van der Waals surface area contributed by atoms with E-state index in [1.54, 1.807) is 0 Å². The fraction of sp³-hybridized carbons (Fsp3) is 0.684. The van der Waals surface area contributed by atoms with Crippen LogP contribution in [0.25, 0.3) is 0 Å². The molecule has 0 spiro atoms. The number of nitrogens with zero attached hydrogens (tertiary/aromatic N) is 3. The van der Waals surface area contributed by atoms with Crippen LogP contribution in [0, 0.1) is 5.92 Å². The summed E-state index contributed by atoms with van der Waals surface area (Å²) in [5.74, 6) is 0.767. The van der Waals surface area contributed by atoms with Crippen molar-refractivity contribution in [3.05, 3.63) is 23.9 Å². The quantitative estimate of drug-likeness (QED) is 0.809. The lowest BCUT2D eigenvalue weighted by molar-refractivity contribution is -0.122. The van der Waals surface area contributed by atoms with Gasteiger partial charge in [0, 0.05) is 56.6 Å². The molecule has 1 amide bonds. The van der Waals surface area contributed by atoms with Gasteiger partial charge in [0.15, 0.2) is 0 Å². The van der Waals surface area contributed by atoms with Crippen molar-refractivity contribution in [1.82, 2.24) is 15.2 Å². The summed E-state index contributed by atoms with van der Waals surface area (Å²) in [6, 6.07) is 5.59. The number of hydrogen-bond acceptors (Lipinski definition) is 5. The molecular weight excluding hydrogens is 314 g/mol. The lowest BCUT2D eigenvalue weighted by Gasteiger charge is -2.33. The zero-order valence-electron chi connectivity index (χ0n) is 14.9. The molecule has 1 aromatic rings. The molecule has 3 heterocycles. The number of pyridine rings is 1. The number of aromatic nitrogens is 1. The molecule has 0 aromatic carbocycles. The molecule has 1 aliphatic carbocycles. The summed E-state index contributed by atoms with van der Waals surface area (Å²) in [6.07, 6.45) is 7.74. The van der Waals surface area contributed by atoms with E-state index >= 15 is 0 Å². The highest BCUT2D eigenvalue weighted by Gasteiger charge is 2.34. The third-order valence-corrected chi connectivity index (χ3v) is 5.85. The Morgan fingerprint density at radius 3 is 2.92 bits per heavy atom. The molecule has 3 fully saturated rings. The highest BCUT2D eigenvalue weighted by molar-refractivity contribution is 5.77. The number of primary amides is 1. The van der Waals surface area contributed by atoms with E-state index in [1.807, 2.05) is 12.3 Å². The zero-order valence-corrected chi connectivity index (χ0v) is 14.9. The number of carbonyl (C=O) groups is 1. The number of likely N-dealkylation sites (tertiary alicyclic amines) is 1. The van der Waals surface area contributed by atoms with Crippen molar-refractivity contribution in [2.24, 2.45) is 11.7 Å². The van der Waals surface area contributed by atoms with Crippen LogP contribution in [-0.4, -0.2) is 54.1 Å². The molecule has 4 rings (SSSR count). The predicted octanol–water partition coefficient (Wildman–Crippen LogP) is 1.11. The van der Waals surface area contributed by atoms with Gasteiger partial charge < -0.3 is 16.0 Å². The highest BCUT2D eigenvalue weighted by atomic mass is 16.1. The smallest absolute Gasteiger partial charge is 0.222 e. The molecule has 0 bridgehead atoms. The molecule has 136 valence electrons. The van der Waals surface area contributed by atoms with Crippen LogP contribution in [0.2, 0.25) is 0 Å². The zero-order chi connectivity index (χ0) is 17.2. The highest BCUT2D eigenvalue weighted by Crippen LogP contribution is 2.30. The molecule has 1 saturated carbocycles. The van der Waals surface area contributed by atoms with Crippen LogP contribution in [0.15, 0.2) is 18.3 Å². The third kappa shape index (κ3) is 3.96. The van der Waals surface area contributed by atoms with Crippen molar-refractivity contribution < 1.29 is 4.79 Å². The molecule has 3 N–H and O–H groups in total. The number of amides is 1. The Labute approximate surface area is 149 Å². The Kier molecular flexibility index (Phi) is 4.90. The second-order valence-electron chi connectivity index (χ2n) is 7.77. The minimum Gasteiger partial charge on any atom is -0.369 e. The summed E-state index contributed by atoms with van der Waals surface area (Å²) in [6.45, 7) is 4.89. The van der Waals surface area contributed by atoms with Gasteiger partial charge in [0.1, 0.15) is 5.82 Å². The van der Waals surface area contributed by atoms with Crippen LogP contribution in [0.3, 0.4) is 0 Å². The first kappa shape index (κ1) is 16.8. The Hall–Kier alpha value is -1.66. The summed E-state index contributed by atoms with van der Waals surface area (Å²) in [4.78, 5) is 21.0. The van der Waals surface area contributed by atoms with Gasteiger partial charge in [-0.2, -0.15) is 0 Å². The summed E-state index contributed by atoms with van der Waals surface area (Å²) in [5.41, 5.74) is 6.75. The maximum atomic E-state index is 11.6. The molecular formula is C19H29N5O. The van der Waals surface area contributed by atoms with Gasteiger partial charge in [0.25, 0.3) is 0 Å². The Morgan fingerprint density at radius 1 is 1.24 bits per heavy atom. The standard InChI is InChI=1S/C19H29N5O/c20-18(25)15-4-2-9-24(12-15)19-14(3-1-8-21-19)11-22-16-7-10-23(13-16)17-5-6-17/h1,3,8,15-17,22H,2,4-7,9-13H2,(H2,20,25). The molecule has 2 saturated heterocycles. The van der Waals surface area contributed by atoms with E-state index in [1.165, 1.54) is 37.9 Å². The van der Waals surface area contributed by atoms with Gasteiger partial charge in [0.05, 0.1) is 5.92 Å². The number of piperidine rings is 1. The van der Waals surface area contributed by atoms with Gasteiger partial charge >= 0.3 is 0 Å². The van der Waals surface area contributed by atoms with Gasteiger partial charge in [-0.25, -0.2) is 4.98 Å². The summed E-state index contributed by atoms with van der Waals surface area (Å²) < 4.78 is 0. The van der Waals surface area contributed by atoms with Gasteiger partial charge in [-0.05, 0) is 38.2 Å². The van der Waals surface area contributed by atoms with E-state index in [-0.39, 0.29) is 11.8 Å². The van der Waals surface area contributed by atoms with E-state index in [2.05, 4.69) is 26.2 Å². The molecule has 6 heteroatoms. The van der Waals surface area contributed by atoms with Crippen LogP contribution in [0.1, 0.15) is 37.7 Å². The van der Waals surface area contributed by atoms with Crippen LogP contribution in [0.4, 0.5) is 5.82 Å². The summed E-state index contributed by atoms with van der Waals surface area (Å²) in [5, 5.41) is 3.72. The number of anilines is 1. The van der Waals surface area contributed by atoms with Crippen molar-refractivity contribution >= 4 is 11.7 Å². The fourth-order valence-corrected chi connectivity index (χ4v) is 4.23. The Morgan fingerprint density at radius 2 is 2.12 bits per heavy atom. The predicted molar refractivity (Wildman–Crippen MR) is 98.2 cm³/mol. The molecule has 2 aliphatic heterocycles.